The SMILES string of the molecule is CCOc1ccc2c(ccn2CCCNC(C)C)c1. The first-order valence-electron chi connectivity index (χ1n) is 7.15. The van der Waals surface area contributed by atoms with Crippen LogP contribution in [0.2, 0.25) is 0 Å². The molecule has 1 aromatic carbocycles. The van der Waals surface area contributed by atoms with Gasteiger partial charge in [-0.2, -0.15) is 0 Å². The van der Waals surface area contributed by atoms with Gasteiger partial charge in [0.25, 0.3) is 0 Å². The second-order valence-corrected chi connectivity index (χ2v) is 5.13. The summed E-state index contributed by atoms with van der Waals surface area (Å²) in [5, 5.41) is 4.70. The fourth-order valence-corrected chi connectivity index (χ4v) is 2.27. The molecule has 0 aliphatic carbocycles. The highest BCUT2D eigenvalue weighted by Gasteiger charge is 2.02. The second kappa shape index (κ2) is 6.62. The minimum absolute atomic E-state index is 0.565. The quantitative estimate of drug-likeness (QED) is 0.772. The molecule has 1 aromatic heterocycles. The molecule has 19 heavy (non-hydrogen) atoms. The molecule has 3 heteroatoms. The number of nitrogens with one attached hydrogen (secondary N) is 1. The van der Waals surface area contributed by atoms with Crippen LogP contribution in [0.25, 0.3) is 10.9 Å². The Labute approximate surface area is 115 Å². The second-order valence-electron chi connectivity index (χ2n) is 5.13. The molecule has 0 fully saturated rings. The van der Waals surface area contributed by atoms with Crippen LogP contribution < -0.4 is 10.1 Å². The van der Waals surface area contributed by atoms with Crippen molar-refractivity contribution in [3.8, 4) is 5.75 Å². The molecule has 2 rings (SSSR count). The predicted octanol–water partition coefficient (Wildman–Crippen LogP) is 3.43. The van der Waals surface area contributed by atoms with Gasteiger partial charge in [-0.15, -0.1) is 0 Å². The van der Waals surface area contributed by atoms with Crippen LogP contribution in [0.4, 0.5) is 0 Å². The number of nitrogens with zero attached hydrogens (tertiary/aromatic N) is 1. The molecule has 2 aromatic rings. The monoisotopic (exact) mass is 260 g/mol. The van der Waals surface area contributed by atoms with E-state index in [0.717, 1.165) is 25.3 Å². The molecule has 104 valence electrons. The molecule has 0 atom stereocenters. The van der Waals surface area contributed by atoms with Crippen molar-refractivity contribution in [1.82, 2.24) is 9.88 Å². The molecule has 3 nitrogen and oxygen atoms in total. The fourth-order valence-electron chi connectivity index (χ4n) is 2.27. The number of aromatic nitrogens is 1. The van der Waals surface area contributed by atoms with Crippen molar-refractivity contribution in [2.24, 2.45) is 0 Å². The van der Waals surface area contributed by atoms with Crippen molar-refractivity contribution in [3.05, 3.63) is 30.5 Å². The highest BCUT2D eigenvalue weighted by molar-refractivity contribution is 5.81. The molecule has 1 N–H and O–H groups in total. The van der Waals surface area contributed by atoms with Crippen molar-refractivity contribution in [2.45, 2.75) is 39.8 Å². The summed E-state index contributed by atoms with van der Waals surface area (Å²) in [7, 11) is 0. The van der Waals surface area contributed by atoms with Crippen LogP contribution in [0.1, 0.15) is 27.2 Å². The molecule has 0 radical (unpaired) electrons. The lowest BCUT2D eigenvalue weighted by Crippen LogP contribution is -2.24. The minimum Gasteiger partial charge on any atom is -0.494 e. The van der Waals surface area contributed by atoms with E-state index in [0.29, 0.717) is 12.6 Å². The zero-order chi connectivity index (χ0) is 13.7. The van der Waals surface area contributed by atoms with Crippen molar-refractivity contribution in [1.29, 1.82) is 0 Å². The molecule has 0 unspecified atom stereocenters. The third-order valence-corrected chi connectivity index (χ3v) is 3.18. The molecule has 0 aliphatic heterocycles. The Balaban J connectivity index is 2.00. The molecule has 1 heterocycles. The summed E-state index contributed by atoms with van der Waals surface area (Å²) in [6.45, 7) is 9.20. The van der Waals surface area contributed by atoms with E-state index in [1.54, 1.807) is 0 Å². The first-order chi connectivity index (χ1) is 9.20. The number of ether oxygens (including phenoxy) is 1. The first kappa shape index (κ1) is 13.9. The van der Waals surface area contributed by atoms with Gasteiger partial charge in [0.1, 0.15) is 5.75 Å². The Morgan fingerprint density at radius 1 is 1.26 bits per heavy atom. The number of aryl methyl sites for hydroxylation is 1. The predicted molar refractivity (Wildman–Crippen MR) is 80.9 cm³/mol. The van der Waals surface area contributed by atoms with Gasteiger partial charge in [-0.3, -0.25) is 0 Å². The lowest BCUT2D eigenvalue weighted by Gasteiger charge is -2.09. The number of rotatable bonds is 7. The zero-order valence-electron chi connectivity index (χ0n) is 12.1. The van der Waals surface area contributed by atoms with Crippen LogP contribution >= 0.6 is 0 Å². The fraction of sp³-hybridized carbons (Fsp3) is 0.500. The molecule has 0 spiro atoms. The van der Waals surface area contributed by atoms with Gasteiger partial charge < -0.3 is 14.6 Å². The summed E-state index contributed by atoms with van der Waals surface area (Å²) in [5.74, 6) is 0.953. The standard InChI is InChI=1S/C16H24N2O/c1-4-19-15-6-7-16-14(12-15)8-11-18(16)10-5-9-17-13(2)3/h6-8,11-13,17H,4-5,9-10H2,1-3H3. The average molecular weight is 260 g/mol. The summed E-state index contributed by atoms with van der Waals surface area (Å²) in [5.41, 5.74) is 1.29. The van der Waals surface area contributed by atoms with Crippen LogP contribution in [0.15, 0.2) is 30.5 Å². The first-order valence-corrected chi connectivity index (χ1v) is 7.15. The van der Waals surface area contributed by atoms with E-state index in [-0.39, 0.29) is 0 Å². The molecule has 0 saturated heterocycles. The van der Waals surface area contributed by atoms with E-state index in [1.807, 2.05) is 6.92 Å². The van der Waals surface area contributed by atoms with Crippen molar-refractivity contribution in [2.75, 3.05) is 13.2 Å². The third kappa shape index (κ3) is 3.74. The van der Waals surface area contributed by atoms with Gasteiger partial charge in [-0.25, -0.2) is 0 Å². The highest BCUT2D eigenvalue weighted by Crippen LogP contribution is 2.22. The number of benzene rings is 1. The van der Waals surface area contributed by atoms with Gasteiger partial charge >= 0.3 is 0 Å². The Morgan fingerprint density at radius 2 is 2.11 bits per heavy atom. The molecule has 0 saturated carbocycles. The lowest BCUT2D eigenvalue weighted by atomic mass is 10.2. The number of hydrogen-bond donors (Lipinski definition) is 1. The Hall–Kier alpha value is -1.48. The Kier molecular flexibility index (Phi) is 4.86. The van der Waals surface area contributed by atoms with Gasteiger partial charge in [-0.05, 0) is 44.2 Å². The lowest BCUT2D eigenvalue weighted by molar-refractivity contribution is 0.340. The van der Waals surface area contributed by atoms with Crippen molar-refractivity contribution < 1.29 is 4.74 Å². The van der Waals surface area contributed by atoms with Gasteiger partial charge in [-0.1, -0.05) is 13.8 Å². The molecule has 0 aliphatic rings. The Bertz CT molecular complexity index is 516. The maximum atomic E-state index is 5.53. The minimum atomic E-state index is 0.565. The van der Waals surface area contributed by atoms with Crippen LogP contribution in [0.5, 0.6) is 5.75 Å². The van der Waals surface area contributed by atoms with Crippen LogP contribution in [0.3, 0.4) is 0 Å². The summed E-state index contributed by atoms with van der Waals surface area (Å²) < 4.78 is 7.84. The van der Waals surface area contributed by atoms with Gasteiger partial charge in [0.15, 0.2) is 0 Å². The van der Waals surface area contributed by atoms with Crippen molar-refractivity contribution in [3.63, 3.8) is 0 Å². The summed E-state index contributed by atoms with van der Waals surface area (Å²) in [4.78, 5) is 0. The molecular weight excluding hydrogens is 236 g/mol. The van der Waals surface area contributed by atoms with Crippen LogP contribution in [-0.4, -0.2) is 23.8 Å². The molecule has 0 amide bonds. The summed E-state index contributed by atoms with van der Waals surface area (Å²) >= 11 is 0. The van der Waals surface area contributed by atoms with E-state index < -0.39 is 0 Å². The number of hydrogen-bond acceptors (Lipinski definition) is 2. The third-order valence-electron chi connectivity index (χ3n) is 3.18. The highest BCUT2D eigenvalue weighted by atomic mass is 16.5. The smallest absolute Gasteiger partial charge is 0.120 e. The maximum Gasteiger partial charge on any atom is 0.120 e. The zero-order valence-corrected chi connectivity index (χ0v) is 12.1. The average Bonchev–Trinajstić information content (AvgIpc) is 2.77. The van der Waals surface area contributed by atoms with Crippen molar-refractivity contribution >= 4 is 10.9 Å². The summed E-state index contributed by atoms with van der Waals surface area (Å²) in [6.07, 6.45) is 3.31. The van der Waals surface area contributed by atoms with Gasteiger partial charge in [0, 0.05) is 29.7 Å². The van der Waals surface area contributed by atoms with E-state index in [4.69, 9.17) is 4.74 Å². The normalized spacial score (nSPS) is 11.4. The molecule has 0 bridgehead atoms. The largest absolute Gasteiger partial charge is 0.494 e. The van der Waals surface area contributed by atoms with E-state index in [1.165, 1.54) is 10.9 Å². The maximum absolute atomic E-state index is 5.53. The number of fused-ring (bicyclic) bond motifs is 1. The van der Waals surface area contributed by atoms with Crippen LogP contribution in [-0.2, 0) is 6.54 Å². The van der Waals surface area contributed by atoms with Crippen LogP contribution in [0, 0.1) is 0 Å². The topological polar surface area (TPSA) is 26.2 Å². The van der Waals surface area contributed by atoms with E-state index in [2.05, 4.69) is 54.2 Å². The van der Waals surface area contributed by atoms with E-state index >= 15 is 0 Å². The Morgan fingerprint density at radius 3 is 2.84 bits per heavy atom. The van der Waals surface area contributed by atoms with Gasteiger partial charge in [0.2, 0.25) is 0 Å². The van der Waals surface area contributed by atoms with E-state index in [9.17, 15) is 0 Å². The molecular formula is C16H24N2O. The summed E-state index contributed by atoms with van der Waals surface area (Å²) in [6, 6.07) is 9.04. The van der Waals surface area contributed by atoms with Gasteiger partial charge in [0.05, 0.1) is 6.61 Å².